The zero-order chi connectivity index (χ0) is 17.7. The quantitative estimate of drug-likeness (QED) is 0.748. The van der Waals surface area contributed by atoms with E-state index in [0.29, 0.717) is 16.5 Å². The summed E-state index contributed by atoms with van der Waals surface area (Å²) < 4.78 is 10.5. The van der Waals surface area contributed by atoms with E-state index < -0.39 is 0 Å². The largest absolute Gasteiger partial charge is 0.493 e. The third-order valence-electron chi connectivity index (χ3n) is 3.56. The summed E-state index contributed by atoms with van der Waals surface area (Å²) in [4.78, 5) is 13.4. The van der Waals surface area contributed by atoms with Crippen LogP contribution >= 0.6 is 23.4 Å². The number of ether oxygens (including phenoxy) is 2. The van der Waals surface area contributed by atoms with Gasteiger partial charge < -0.3 is 14.8 Å². The second-order valence-electron chi connectivity index (χ2n) is 5.18. The third-order valence-corrected chi connectivity index (χ3v) is 5.07. The number of nitrogens with one attached hydrogen (secondary N) is 1. The molecule has 128 valence electrons. The number of rotatable bonds is 6. The lowest BCUT2D eigenvalue weighted by Gasteiger charge is -2.15. The average molecular weight is 366 g/mol. The molecule has 24 heavy (non-hydrogen) atoms. The Morgan fingerprint density at radius 3 is 2.54 bits per heavy atom. The second kappa shape index (κ2) is 8.31. The Kier molecular flexibility index (Phi) is 6.40. The molecule has 6 heteroatoms. The molecular weight excluding hydrogens is 346 g/mol. The van der Waals surface area contributed by atoms with E-state index in [2.05, 4.69) is 5.32 Å². The smallest absolute Gasteiger partial charge is 0.237 e. The molecule has 1 atom stereocenters. The molecule has 2 aromatic carbocycles. The third kappa shape index (κ3) is 4.36. The van der Waals surface area contributed by atoms with Crippen molar-refractivity contribution >= 4 is 35.0 Å². The van der Waals surface area contributed by atoms with E-state index in [9.17, 15) is 4.79 Å². The van der Waals surface area contributed by atoms with Crippen LogP contribution in [0.15, 0.2) is 41.3 Å². The lowest BCUT2D eigenvalue weighted by atomic mass is 10.2. The summed E-state index contributed by atoms with van der Waals surface area (Å²) in [6, 6.07) is 11.0. The standard InChI is InChI=1S/C18H20ClNO3S/c1-11-14(19)6-5-7-15(11)20-18(21)12(2)24-13-8-9-16(22-3)17(10-13)23-4/h5-10,12H,1-4H3,(H,20,21)/t12-/m1/s1. The molecule has 0 spiro atoms. The first-order valence-electron chi connectivity index (χ1n) is 7.41. The molecule has 0 aliphatic rings. The van der Waals surface area contributed by atoms with Gasteiger partial charge in [0.1, 0.15) is 0 Å². The van der Waals surface area contributed by atoms with Crippen molar-refractivity contribution in [2.45, 2.75) is 24.0 Å². The lowest BCUT2D eigenvalue weighted by Crippen LogP contribution is -2.22. The lowest BCUT2D eigenvalue weighted by molar-refractivity contribution is -0.115. The number of anilines is 1. The van der Waals surface area contributed by atoms with Gasteiger partial charge in [-0.15, -0.1) is 11.8 Å². The molecule has 2 aromatic rings. The highest BCUT2D eigenvalue weighted by Crippen LogP contribution is 2.34. The Hall–Kier alpha value is -1.85. The number of amides is 1. The van der Waals surface area contributed by atoms with Crippen LogP contribution in [0.25, 0.3) is 0 Å². The van der Waals surface area contributed by atoms with Crippen molar-refractivity contribution in [1.82, 2.24) is 0 Å². The van der Waals surface area contributed by atoms with Gasteiger partial charge in [-0.2, -0.15) is 0 Å². The number of methoxy groups -OCH3 is 2. The van der Waals surface area contributed by atoms with Gasteiger partial charge in [-0.1, -0.05) is 17.7 Å². The molecule has 2 rings (SSSR count). The highest BCUT2D eigenvalue weighted by Gasteiger charge is 2.17. The fourth-order valence-corrected chi connectivity index (χ4v) is 3.20. The predicted molar refractivity (Wildman–Crippen MR) is 99.7 cm³/mol. The van der Waals surface area contributed by atoms with Crippen molar-refractivity contribution in [2.24, 2.45) is 0 Å². The molecular formula is C18H20ClNO3S. The molecule has 0 unspecified atom stereocenters. The van der Waals surface area contributed by atoms with Crippen LogP contribution in [0.2, 0.25) is 5.02 Å². The number of halogens is 1. The average Bonchev–Trinajstić information content (AvgIpc) is 2.58. The van der Waals surface area contributed by atoms with E-state index in [0.717, 1.165) is 16.1 Å². The summed E-state index contributed by atoms with van der Waals surface area (Å²) in [5.41, 5.74) is 1.59. The molecule has 4 nitrogen and oxygen atoms in total. The van der Waals surface area contributed by atoms with Crippen LogP contribution in [0.5, 0.6) is 11.5 Å². The van der Waals surface area contributed by atoms with E-state index in [1.54, 1.807) is 20.3 Å². The Bertz CT molecular complexity index is 736. The van der Waals surface area contributed by atoms with Gasteiger partial charge in [-0.05, 0) is 49.7 Å². The fraction of sp³-hybridized carbons (Fsp3) is 0.278. The Morgan fingerprint density at radius 2 is 1.88 bits per heavy atom. The van der Waals surface area contributed by atoms with E-state index in [1.807, 2.05) is 44.2 Å². The van der Waals surface area contributed by atoms with E-state index in [-0.39, 0.29) is 11.2 Å². The van der Waals surface area contributed by atoms with Gasteiger partial charge in [0.05, 0.1) is 19.5 Å². The molecule has 0 aliphatic heterocycles. The van der Waals surface area contributed by atoms with Crippen LogP contribution in [0.1, 0.15) is 12.5 Å². The summed E-state index contributed by atoms with van der Waals surface area (Å²) >= 11 is 7.54. The Labute approximate surface area is 151 Å². The van der Waals surface area contributed by atoms with Crippen LogP contribution in [-0.4, -0.2) is 25.4 Å². The maximum Gasteiger partial charge on any atom is 0.237 e. The minimum absolute atomic E-state index is 0.0832. The minimum atomic E-state index is -0.276. The van der Waals surface area contributed by atoms with Crippen molar-refractivity contribution in [2.75, 3.05) is 19.5 Å². The number of carbonyl (C=O) groups excluding carboxylic acids is 1. The van der Waals surface area contributed by atoms with Crippen LogP contribution < -0.4 is 14.8 Å². The van der Waals surface area contributed by atoms with Crippen molar-refractivity contribution in [3.8, 4) is 11.5 Å². The summed E-state index contributed by atoms with van der Waals surface area (Å²) in [7, 11) is 3.18. The summed E-state index contributed by atoms with van der Waals surface area (Å²) in [5.74, 6) is 1.22. The number of hydrogen-bond acceptors (Lipinski definition) is 4. The van der Waals surface area contributed by atoms with Crippen molar-refractivity contribution in [3.05, 3.63) is 47.0 Å². The number of thioether (sulfide) groups is 1. The second-order valence-corrected chi connectivity index (χ2v) is 7.00. The number of benzene rings is 2. The molecule has 0 radical (unpaired) electrons. The van der Waals surface area contributed by atoms with Crippen molar-refractivity contribution < 1.29 is 14.3 Å². The van der Waals surface area contributed by atoms with Crippen molar-refractivity contribution in [1.29, 1.82) is 0 Å². The first-order valence-corrected chi connectivity index (χ1v) is 8.66. The van der Waals surface area contributed by atoms with Gasteiger partial charge >= 0.3 is 0 Å². The van der Waals surface area contributed by atoms with Crippen LogP contribution in [-0.2, 0) is 4.79 Å². The zero-order valence-electron chi connectivity index (χ0n) is 14.1. The van der Waals surface area contributed by atoms with Gasteiger partial charge in [0.25, 0.3) is 0 Å². The first-order chi connectivity index (χ1) is 11.5. The van der Waals surface area contributed by atoms with Gasteiger partial charge in [0.15, 0.2) is 11.5 Å². The summed E-state index contributed by atoms with van der Waals surface area (Å²) in [6.45, 7) is 3.74. The van der Waals surface area contributed by atoms with E-state index in [4.69, 9.17) is 21.1 Å². The molecule has 0 bridgehead atoms. The molecule has 0 aliphatic carbocycles. The number of hydrogen-bond donors (Lipinski definition) is 1. The molecule has 0 aromatic heterocycles. The normalized spacial score (nSPS) is 11.7. The minimum Gasteiger partial charge on any atom is -0.493 e. The topological polar surface area (TPSA) is 47.6 Å². The van der Waals surface area contributed by atoms with Gasteiger partial charge in [-0.3, -0.25) is 4.79 Å². The molecule has 0 saturated heterocycles. The van der Waals surface area contributed by atoms with E-state index >= 15 is 0 Å². The van der Waals surface area contributed by atoms with Crippen LogP contribution in [0.4, 0.5) is 5.69 Å². The molecule has 0 heterocycles. The van der Waals surface area contributed by atoms with Crippen LogP contribution in [0.3, 0.4) is 0 Å². The predicted octanol–water partition coefficient (Wildman–Crippen LogP) is 4.78. The van der Waals surface area contributed by atoms with Crippen LogP contribution in [0, 0.1) is 6.92 Å². The summed E-state index contributed by atoms with van der Waals surface area (Å²) in [6.07, 6.45) is 0. The van der Waals surface area contributed by atoms with Gasteiger partial charge in [0.2, 0.25) is 5.91 Å². The molecule has 1 amide bonds. The summed E-state index contributed by atoms with van der Waals surface area (Å²) in [5, 5.41) is 3.28. The van der Waals surface area contributed by atoms with E-state index in [1.165, 1.54) is 11.8 Å². The maximum absolute atomic E-state index is 12.4. The number of carbonyl (C=O) groups is 1. The fourth-order valence-electron chi connectivity index (χ4n) is 2.12. The SMILES string of the molecule is COc1ccc(S[C@H](C)C(=O)Nc2cccc(Cl)c2C)cc1OC. The van der Waals surface area contributed by atoms with Gasteiger partial charge in [0, 0.05) is 15.6 Å². The van der Waals surface area contributed by atoms with Crippen molar-refractivity contribution in [3.63, 3.8) is 0 Å². The Morgan fingerprint density at radius 1 is 1.17 bits per heavy atom. The maximum atomic E-state index is 12.4. The molecule has 0 fully saturated rings. The first kappa shape index (κ1) is 18.5. The zero-order valence-corrected chi connectivity index (χ0v) is 15.6. The Balaban J connectivity index is 2.07. The molecule has 1 N–H and O–H groups in total. The van der Waals surface area contributed by atoms with Gasteiger partial charge in [-0.25, -0.2) is 0 Å². The monoisotopic (exact) mass is 365 g/mol. The highest BCUT2D eigenvalue weighted by atomic mass is 35.5. The highest BCUT2D eigenvalue weighted by molar-refractivity contribution is 8.00. The molecule has 0 saturated carbocycles.